The molecule has 0 bridgehead atoms. The number of rotatable bonds is 6. The highest BCUT2D eigenvalue weighted by molar-refractivity contribution is 6.04. The third-order valence-corrected chi connectivity index (χ3v) is 4.50. The molecule has 0 aliphatic carbocycles. The highest BCUT2D eigenvalue weighted by atomic mass is 19.4. The summed E-state index contributed by atoms with van der Waals surface area (Å²) in [6, 6.07) is 16.2. The zero-order valence-corrected chi connectivity index (χ0v) is 16.7. The van der Waals surface area contributed by atoms with Crippen LogP contribution in [-0.2, 0) is 12.6 Å². The first-order valence-corrected chi connectivity index (χ1v) is 9.60. The van der Waals surface area contributed by atoms with Crippen LogP contribution in [0.1, 0.15) is 21.5 Å². The van der Waals surface area contributed by atoms with Gasteiger partial charge in [0, 0.05) is 17.8 Å². The highest BCUT2D eigenvalue weighted by Gasteiger charge is 2.34. The van der Waals surface area contributed by atoms with Crippen LogP contribution in [0.4, 0.5) is 33.7 Å². The van der Waals surface area contributed by atoms with Gasteiger partial charge in [0.1, 0.15) is 5.82 Å². The van der Waals surface area contributed by atoms with Gasteiger partial charge < -0.3 is 16.0 Å². The Labute approximate surface area is 181 Å². The van der Waals surface area contributed by atoms with E-state index in [-0.39, 0.29) is 24.2 Å². The molecule has 0 saturated heterocycles. The normalized spacial score (nSPS) is 11.0. The number of carbonyl (C=O) groups excluding carboxylic acids is 2. The molecule has 0 unspecified atom stereocenters. The third-order valence-electron chi connectivity index (χ3n) is 4.50. The summed E-state index contributed by atoms with van der Waals surface area (Å²) in [6.45, 7) is 0.0271. The molecule has 0 radical (unpaired) electrons. The van der Waals surface area contributed by atoms with Gasteiger partial charge in [0.25, 0.3) is 5.91 Å². The molecule has 3 amide bonds. The van der Waals surface area contributed by atoms with Crippen LogP contribution < -0.4 is 16.0 Å². The lowest BCUT2D eigenvalue weighted by atomic mass is 10.1. The zero-order chi connectivity index (χ0) is 23.1. The lowest BCUT2D eigenvalue weighted by Gasteiger charge is -2.16. The third kappa shape index (κ3) is 6.07. The summed E-state index contributed by atoms with van der Waals surface area (Å²) in [5, 5.41) is 6.96. The van der Waals surface area contributed by atoms with E-state index in [1.807, 2.05) is 0 Å². The van der Waals surface area contributed by atoms with Crippen LogP contribution in [0, 0.1) is 5.82 Å². The summed E-state index contributed by atoms with van der Waals surface area (Å²) in [6.07, 6.45) is -4.60. The number of halogens is 4. The van der Waals surface area contributed by atoms with Crippen molar-refractivity contribution in [2.75, 3.05) is 17.2 Å². The van der Waals surface area contributed by atoms with Crippen LogP contribution in [0.25, 0.3) is 0 Å². The predicted molar refractivity (Wildman–Crippen MR) is 113 cm³/mol. The molecule has 0 aliphatic heterocycles. The van der Waals surface area contributed by atoms with Crippen molar-refractivity contribution in [3.63, 3.8) is 0 Å². The fraction of sp³-hybridized carbons (Fsp3) is 0.130. The Bertz CT molecular complexity index is 1100. The van der Waals surface area contributed by atoms with Gasteiger partial charge in [-0.25, -0.2) is 9.18 Å². The minimum atomic E-state index is -4.77. The zero-order valence-electron chi connectivity index (χ0n) is 16.7. The van der Waals surface area contributed by atoms with E-state index in [4.69, 9.17) is 0 Å². The molecule has 5 nitrogen and oxygen atoms in total. The maximum absolute atomic E-state index is 13.6. The lowest BCUT2D eigenvalue weighted by molar-refractivity contribution is -0.136. The van der Waals surface area contributed by atoms with Gasteiger partial charge in [-0.1, -0.05) is 36.4 Å². The van der Waals surface area contributed by atoms with Crippen molar-refractivity contribution in [2.24, 2.45) is 0 Å². The first kappa shape index (κ1) is 22.8. The van der Waals surface area contributed by atoms with E-state index in [1.54, 1.807) is 30.3 Å². The summed E-state index contributed by atoms with van der Waals surface area (Å²) >= 11 is 0. The molecule has 9 heteroatoms. The fourth-order valence-electron chi connectivity index (χ4n) is 2.94. The van der Waals surface area contributed by atoms with Crippen LogP contribution in [0.3, 0.4) is 0 Å². The first-order chi connectivity index (χ1) is 15.2. The van der Waals surface area contributed by atoms with E-state index < -0.39 is 35.2 Å². The standard InChI is InChI=1S/C23H19F4N3O2/c24-19-9-5-4-6-15(19)12-13-28-22(32)30-20-11-10-17(14-18(20)23(25,26)27)29-21(31)16-7-2-1-3-8-16/h1-11,14H,12-13H2,(H,29,31)(H2,28,30,32). The average molecular weight is 445 g/mol. The highest BCUT2D eigenvalue weighted by Crippen LogP contribution is 2.36. The molecule has 3 aromatic carbocycles. The quantitative estimate of drug-likeness (QED) is 0.441. The van der Waals surface area contributed by atoms with E-state index >= 15 is 0 Å². The molecule has 3 N–H and O–H groups in total. The maximum Gasteiger partial charge on any atom is 0.418 e. The molecule has 32 heavy (non-hydrogen) atoms. The Morgan fingerprint density at radius 2 is 1.53 bits per heavy atom. The second-order valence-corrected chi connectivity index (χ2v) is 6.80. The molecule has 166 valence electrons. The largest absolute Gasteiger partial charge is 0.418 e. The van der Waals surface area contributed by atoms with Crippen molar-refractivity contribution < 1.29 is 27.2 Å². The van der Waals surface area contributed by atoms with Crippen LogP contribution >= 0.6 is 0 Å². The van der Waals surface area contributed by atoms with Gasteiger partial charge in [-0.2, -0.15) is 13.2 Å². The summed E-state index contributed by atoms with van der Waals surface area (Å²) in [7, 11) is 0. The molecule has 3 rings (SSSR count). The summed E-state index contributed by atoms with van der Waals surface area (Å²) in [5.74, 6) is -0.993. The molecular formula is C23H19F4N3O2. The Morgan fingerprint density at radius 1 is 0.844 bits per heavy atom. The van der Waals surface area contributed by atoms with E-state index in [2.05, 4.69) is 16.0 Å². The molecule has 0 heterocycles. The second-order valence-electron chi connectivity index (χ2n) is 6.80. The number of anilines is 2. The monoisotopic (exact) mass is 445 g/mol. The van der Waals surface area contributed by atoms with Crippen LogP contribution in [0.2, 0.25) is 0 Å². The molecular weight excluding hydrogens is 426 g/mol. The van der Waals surface area contributed by atoms with Crippen molar-refractivity contribution in [1.82, 2.24) is 5.32 Å². The smallest absolute Gasteiger partial charge is 0.338 e. The average Bonchev–Trinajstić information content (AvgIpc) is 2.76. The van der Waals surface area contributed by atoms with Gasteiger partial charge >= 0.3 is 12.2 Å². The minimum absolute atomic E-state index is 0.0271. The molecule has 0 spiro atoms. The number of benzene rings is 3. The molecule has 0 atom stereocenters. The van der Waals surface area contributed by atoms with E-state index in [1.165, 1.54) is 30.3 Å². The van der Waals surface area contributed by atoms with Gasteiger partial charge in [-0.05, 0) is 48.4 Å². The van der Waals surface area contributed by atoms with Gasteiger partial charge in [-0.15, -0.1) is 0 Å². The topological polar surface area (TPSA) is 70.2 Å². The van der Waals surface area contributed by atoms with Gasteiger partial charge in [0.2, 0.25) is 0 Å². The van der Waals surface area contributed by atoms with Crippen molar-refractivity contribution in [2.45, 2.75) is 12.6 Å². The van der Waals surface area contributed by atoms with Gasteiger partial charge in [-0.3, -0.25) is 4.79 Å². The SMILES string of the molecule is O=C(NCCc1ccccc1F)Nc1ccc(NC(=O)c2ccccc2)cc1C(F)(F)F. The van der Waals surface area contributed by atoms with E-state index in [0.717, 1.165) is 12.1 Å². The van der Waals surface area contributed by atoms with Crippen molar-refractivity contribution >= 4 is 23.3 Å². The first-order valence-electron chi connectivity index (χ1n) is 9.60. The molecule has 0 aromatic heterocycles. The van der Waals surface area contributed by atoms with Crippen molar-refractivity contribution in [3.8, 4) is 0 Å². The lowest BCUT2D eigenvalue weighted by Crippen LogP contribution is -2.31. The summed E-state index contributed by atoms with van der Waals surface area (Å²) in [4.78, 5) is 24.3. The van der Waals surface area contributed by atoms with Crippen LogP contribution in [0.5, 0.6) is 0 Å². The molecule has 0 fully saturated rings. The number of amides is 3. The van der Waals surface area contributed by atoms with E-state index in [0.29, 0.717) is 5.56 Å². The molecule has 0 aliphatic rings. The fourth-order valence-corrected chi connectivity index (χ4v) is 2.94. The Hall–Kier alpha value is -3.88. The number of nitrogens with one attached hydrogen (secondary N) is 3. The second kappa shape index (κ2) is 9.95. The number of alkyl halides is 3. The number of hydrogen-bond acceptors (Lipinski definition) is 2. The van der Waals surface area contributed by atoms with Crippen LogP contribution in [-0.4, -0.2) is 18.5 Å². The minimum Gasteiger partial charge on any atom is -0.338 e. The predicted octanol–water partition coefficient (Wildman–Crippen LogP) is 5.46. The van der Waals surface area contributed by atoms with E-state index in [9.17, 15) is 27.2 Å². The molecule has 0 saturated carbocycles. The Balaban J connectivity index is 1.67. The Morgan fingerprint density at radius 3 is 2.22 bits per heavy atom. The number of hydrogen-bond donors (Lipinski definition) is 3. The van der Waals surface area contributed by atoms with Crippen LogP contribution in [0.15, 0.2) is 72.8 Å². The molecule has 3 aromatic rings. The Kier molecular flexibility index (Phi) is 7.09. The van der Waals surface area contributed by atoms with Gasteiger partial charge in [0.05, 0.1) is 11.3 Å². The number of carbonyl (C=O) groups is 2. The van der Waals surface area contributed by atoms with Gasteiger partial charge in [0.15, 0.2) is 0 Å². The summed E-state index contributed by atoms with van der Waals surface area (Å²) in [5.41, 5.74) is -0.998. The van der Waals surface area contributed by atoms with Crippen molar-refractivity contribution in [3.05, 3.63) is 95.3 Å². The summed E-state index contributed by atoms with van der Waals surface area (Å²) < 4.78 is 54.2. The van der Waals surface area contributed by atoms with Crippen molar-refractivity contribution in [1.29, 1.82) is 0 Å². The maximum atomic E-state index is 13.6. The number of urea groups is 1.